The van der Waals surface area contributed by atoms with Gasteiger partial charge in [-0.1, -0.05) is 44.1 Å². The zero-order valence-electron chi connectivity index (χ0n) is 18.5. The lowest BCUT2D eigenvalue weighted by Crippen LogP contribution is -2.08. The predicted octanol–water partition coefficient (Wildman–Crippen LogP) is 7.53. The molecule has 31 heavy (non-hydrogen) atoms. The number of aromatic hydroxyl groups is 1. The lowest BCUT2D eigenvalue weighted by Gasteiger charge is -2.12. The molecule has 1 N–H and O–H groups in total. The van der Waals surface area contributed by atoms with Gasteiger partial charge >= 0.3 is 0 Å². The molecule has 164 valence electrons. The Morgan fingerprint density at radius 2 is 1.94 bits per heavy atom. The smallest absolute Gasteiger partial charge is 0.133 e. The van der Waals surface area contributed by atoms with Gasteiger partial charge in [0.2, 0.25) is 0 Å². The number of rotatable bonds is 11. The summed E-state index contributed by atoms with van der Waals surface area (Å²) in [7, 11) is 0. The van der Waals surface area contributed by atoms with Crippen molar-refractivity contribution in [3.8, 4) is 17.0 Å². The molecule has 0 aliphatic heterocycles. The number of ether oxygens (including phenoxy) is 1. The highest BCUT2D eigenvalue weighted by Gasteiger charge is 2.08. The molecule has 1 aromatic heterocycles. The van der Waals surface area contributed by atoms with Gasteiger partial charge in [-0.2, -0.15) is 0 Å². The van der Waals surface area contributed by atoms with E-state index in [1.165, 1.54) is 12.8 Å². The Labute approximate surface area is 184 Å². The standard InChI is InChI=1S/C27H32FNO2/c1-3-4-8-17-31-20(2)9-6-5-7-10-21-11-14-24(25(28)18-21)27-15-12-22-19-23(30)13-16-26(22)29-27/h7,10-16,18-20,30H,3-6,8-9,17H2,1-2H3. The molecule has 0 aliphatic rings. The lowest BCUT2D eigenvalue weighted by molar-refractivity contribution is 0.0566. The summed E-state index contributed by atoms with van der Waals surface area (Å²) in [4.78, 5) is 4.53. The fraction of sp³-hybridized carbons (Fsp3) is 0.370. The van der Waals surface area contributed by atoms with Gasteiger partial charge in [0.1, 0.15) is 11.6 Å². The third kappa shape index (κ3) is 6.90. The molecular formula is C27H32FNO2. The van der Waals surface area contributed by atoms with Crippen LogP contribution in [0.15, 0.2) is 54.6 Å². The van der Waals surface area contributed by atoms with Gasteiger partial charge in [-0.3, -0.25) is 0 Å². The molecule has 0 saturated heterocycles. The Bertz CT molecular complexity index is 1020. The lowest BCUT2D eigenvalue weighted by atomic mass is 10.1. The van der Waals surface area contributed by atoms with Crippen molar-refractivity contribution in [2.24, 2.45) is 0 Å². The molecule has 0 fully saturated rings. The maximum Gasteiger partial charge on any atom is 0.133 e. The molecule has 0 spiro atoms. The zero-order valence-corrected chi connectivity index (χ0v) is 18.5. The topological polar surface area (TPSA) is 42.4 Å². The second-order valence-electron chi connectivity index (χ2n) is 8.03. The SMILES string of the molecule is CCCCCOC(C)CCCC=Cc1ccc(-c2ccc3cc(O)ccc3n2)c(F)c1. The highest BCUT2D eigenvalue weighted by Crippen LogP contribution is 2.26. The Balaban J connectivity index is 1.53. The van der Waals surface area contributed by atoms with E-state index in [9.17, 15) is 9.50 Å². The monoisotopic (exact) mass is 421 g/mol. The summed E-state index contributed by atoms with van der Waals surface area (Å²) < 4.78 is 20.5. The maximum absolute atomic E-state index is 14.7. The Hall–Kier alpha value is -2.72. The molecule has 4 heteroatoms. The fourth-order valence-electron chi connectivity index (χ4n) is 3.57. The number of hydrogen-bond acceptors (Lipinski definition) is 3. The molecule has 0 radical (unpaired) electrons. The quantitative estimate of drug-likeness (QED) is 0.325. The minimum atomic E-state index is -0.290. The summed E-state index contributed by atoms with van der Waals surface area (Å²) in [5.74, 6) is -0.0970. The van der Waals surface area contributed by atoms with Crippen LogP contribution in [0.3, 0.4) is 0 Å². The number of phenolic OH excluding ortho intramolecular Hbond substituents is 1. The number of fused-ring (bicyclic) bond motifs is 1. The molecule has 2 aromatic carbocycles. The van der Waals surface area contributed by atoms with Gasteiger partial charge < -0.3 is 9.84 Å². The van der Waals surface area contributed by atoms with E-state index in [1.54, 1.807) is 36.4 Å². The Morgan fingerprint density at radius 3 is 2.74 bits per heavy atom. The number of allylic oxidation sites excluding steroid dienone is 1. The number of phenols is 1. The number of nitrogens with zero attached hydrogens (tertiary/aromatic N) is 1. The first-order valence-corrected chi connectivity index (χ1v) is 11.2. The minimum absolute atomic E-state index is 0.193. The first-order chi connectivity index (χ1) is 15.1. The van der Waals surface area contributed by atoms with E-state index in [4.69, 9.17) is 4.74 Å². The zero-order chi connectivity index (χ0) is 22.1. The van der Waals surface area contributed by atoms with Crippen LogP contribution in [0.1, 0.15) is 57.9 Å². The van der Waals surface area contributed by atoms with Crippen molar-refractivity contribution < 1.29 is 14.2 Å². The number of hydrogen-bond donors (Lipinski definition) is 1. The van der Waals surface area contributed by atoms with Crippen LogP contribution in [0, 0.1) is 5.82 Å². The number of halogens is 1. The average Bonchev–Trinajstić information content (AvgIpc) is 2.76. The molecule has 1 atom stereocenters. The van der Waals surface area contributed by atoms with Crippen molar-refractivity contribution in [3.63, 3.8) is 0 Å². The third-order valence-electron chi connectivity index (χ3n) is 5.38. The van der Waals surface area contributed by atoms with E-state index in [-0.39, 0.29) is 11.6 Å². The van der Waals surface area contributed by atoms with E-state index >= 15 is 0 Å². The van der Waals surface area contributed by atoms with Crippen molar-refractivity contribution in [2.45, 2.75) is 58.5 Å². The Morgan fingerprint density at radius 1 is 1.06 bits per heavy atom. The van der Waals surface area contributed by atoms with Crippen LogP contribution >= 0.6 is 0 Å². The molecule has 3 rings (SSSR count). The maximum atomic E-state index is 14.7. The number of unbranched alkanes of at least 4 members (excludes halogenated alkanes) is 3. The van der Waals surface area contributed by atoms with Crippen molar-refractivity contribution in [3.05, 3.63) is 66.0 Å². The summed E-state index contributed by atoms with van der Waals surface area (Å²) in [6.45, 7) is 5.18. The van der Waals surface area contributed by atoms with Crippen molar-refractivity contribution in [2.75, 3.05) is 6.61 Å². The van der Waals surface area contributed by atoms with Crippen LogP contribution in [-0.4, -0.2) is 22.8 Å². The van der Waals surface area contributed by atoms with E-state index < -0.39 is 0 Å². The van der Waals surface area contributed by atoms with Crippen LogP contribution in [-0.2, 0) is 4.74 Å². The summed E-state index contributed by atoms with van der Waals surface area (Å²) >= 11 is 0. The molecular weight excluding hydrogens is 389 g/mol. The molecule has 3 nitrogen and oxygen atoms in total. The molecule has 1 unspecified atom stereocenters. The number of benzene rings is 2. The molecule has 0 bridgehead atoms. The van der Waals surface area contributed by atoms with Crippen molar-refractivity contribution >= 4 is 17.0 Å². The average molecular weight is 422 g/mol. The molecule has 1 heterocycles. The van der Waals surface area contributed by atoms with Crippen LogP contribution < -0.4 is 0 Å². The van der Waals surface area contributed by atoms with E-state index in [0.29, 0.717) is 17.4 Å². The second-order valence-corrected chi connectivity index (χ2v) is 8.03. The van der Waals surface area contributed by atoms with Crippen LogP contribution in [0.2, 0.25) is 0 Å². The summed E-state index contributed by atoms with van der Waals surface area (Å²) in [6.07, 6.45) is 11.0. The highest BCUT2D eigenvalue weighted by molar-refractivity contribution is 5.83. The van der Waals surface area contributed by atoms with Crippen LogP contribution in [0.5, 0.6) is 5.75 Å². The molecule has 3 aromatic rings. The molecule has 0 amide bonds. The fourth-order valence-corrected chi connectivity index (χ4v) is 3.57. The number of aromatic nitrogens is 1. The van der Waals surface area contributed by atoms with Crippen LogP contribution in [0.4, 0.5) is 4.39 Å². The van der Waals surface area contributed by atoms with Crippen LogP contribution in [0.25, 0.3) is 28.2 Å². The molecule has 0 saturated carbocycles. The van der Waals surface area contributed by atoms with E-state index in [1.807, 2.05) is 18.2 Å². The van der Waals surface area contributed by atoms with Gasteiger partial charge in [-0.05, 0) is 74.6 Å². The largest absolute Gasteiger partial charge is 0.508 e. The highest BCUT2D eigenvalue weighted by atomic mass is 19.1. The summed E-state index contributed by atoms with van der Waals surface area (Å²) in [5.41, 5.74) is 2.62. The normalized spacial score (nSPS) is 12.6. The predicted molar refractivity (Wildman–Crippen MR) is 127 cm³/mol. The number of pyridine rings is 1. The van der Waals surface area contributed by atoms with Gasteiger partial charge in [-0.25, -0.2) is 9.37 Å². The summed E-state index contributed by atoms with van der Waals surface area (Å²) in [6, 6.07) is 13.8. The van der Waals surface area contributed by atoms with Crippen molar-refractivity contribution in [1.29, 1.82) is 0 Å². The van der Waals surface area contributed by atoms with Gasteiger partial charge in [0.05, 0.1) is 17.3 Å². The minimum Gasteiger partial charge on any atom is -0.508 e. The first kappa shape index (κ1) is 23.0. The van der Waals surface area contributed by atoms with E-state index in [2.05, 4.69) is 24.9 Å². The van der Waals surface area contributed by atoms with Crippen molar-refractivity contribution in [1.82, 2.24) is 4.98 Å². The van der Waals surface area contributed by atoms with Gasteiger partial charge in [-0.15, -0.1) is 0 Å². The second kappa shape index (κ2) is 11.6. The van der Waals surface area contributed by atoms with Gasteiger partial charge in [0, 0.05) is 17.6 Å². The molecule has 0 aliphatic carbocycles. The van der Waals surface area contributed by atoms with Gasteiger partial charge in [0.25, 0.3) is 0 Å². The Kier molecular flexibility index (Phi) is 8.60. The third-order valence-corrected chi connectivity index (χ3v) is 5.38. The first-order valence-electron chi connectivity index (χ1n) is 11.2. The van der Waals surface area contributed by atoms with Gasteiger partial charge in [0.15, 0.2) is 0 Å². The van der Waals surface area contributed by atoms with E-state index in [0.717, 1.165) is 48.8 Å². The summed E-state index contributed by atoms with van der Waals surface area (Å²) in [5, 5.41) is 10.4.